The Labute approximate surface area is 97.7 Å². The van der Waals surface area contributed by atoms with Gasteiger partial charge in [0, 0.05) is 12.4 Å². The molecule has 5 heteroatoms. The van der Waals surface area contributed by atoms with Crippen molar-refractivity contribution in [2.75, 3.05) is 0 Å². The van der Waals surface area contributed by atoms with E-state index in [0.29, 0.717) is 0 Å². The van der Waals surface area contributed by atoms with Crippen molar-refractivity contribution in [3.63, 3.8) is 0 Å². The molecule has 2 bridgehead atoms. The van der Waals surface area contributed by atoms with Gasteiger partial charge >= 0.3 is 5.97 Å². The summed E-state index contributed by atoms with van der Waals surface area (Å²) in [7, 11) is 0. The molecule has 2 aliphatic carbocycles. The largest absolute Gasteiger partial charge is 0.481 e. The average Bonchev–Trinajstić information content (AvgIpc) is 3.02. The van der Waals surface area contributed by atoms with Crippen molar-refractivity contribution in [3.8, 4) is 0 Å². The lowest BCUT2D eigenvalue weighted by atomic mass is 9.82. The monoisotopic (exact) mass is 232 g/mol. The molecule has 4 atom stereocenters. The van der Waals surface area contributed by atoms with Crippen LogP contribution in [0.5, 0.6) is 0 Å². The van der Waals surface area contributed by atoms with Crippen molar-refractivity contribution in [1.29, 1.82) is 0 Å². The number of fused-ring (bicyclic) bond motifs is 2. The molecule has 2 aliphatic rings. The summed E-state index contributed by atoms with van der Waals surface area (Å²) in [6.45, 7) is 0. The minimum absolute atomic E-state index is 0.00186. The van der Waals surface area contributed by atoms with Crippen molar-refractivity contribution in [2.45, 2.75) is 6.42 Å². The van der Waals surface area contributed by atoms with E-state index in [2.05, 4.69) is 5.10 Å². The Morgan fingerprint density at radius 1 is 1.24 bits per heavy atom. The van der Waals surface area contributed by atoms with Crippen LogP contribution < -0.4 is 0 Å². The van der Waals surface area contributed by atoms with E-state index < -0.39 is 17.8 Å². The second kappa shape index (κ2) is 3.55. The van der Waals surface area contributed by atoms with Crippen LogP contribution in [0.2, 0.25) is 0 Å². The number of rotatable bonds is 2. The van der Waals surface area contributed by atoms with E-state index in [-0.39, 0.29) is 17.7 Å². The fourth-order valence-corrected chi connectivity index (χ4v) is 3.05. The maximum atomic E-state index is 12.2. The smallest absolute Gasteiger partial charge is 0.307 e. The number of nitrogens with zero attached hydrogens (tertiary/aromatic N) is 2. The maximum Gasteiger partial charge on any atom is 0.307 e. The van der Waals surface area contributed by atoms with Gasteiger partial charge in [-0.05, 0) is 24.3 Å². The second-order valence-corrected chi connectivity index (χ2v) is 4.63. The van der Waals surface area contributed by atoms with E-state index in [4.69, 9.17) is 0 Å². The number of carboxylic acids is 1. The summed E-state index contributed by atoms with van der Waals surface area (Å²) in [5.41, 5.74) is 0. The highest BCUT2D eigenvalue weighted by atomic mass is 16.4. The van der Waals surface area contributed by atoms with E-state index in [9.17, 15) is 14.7 Å². The van der Waals surface area contributed by atoms with Crippen molar-refractivity contribution in [1.82, 2.24) is 9.78 Å². The maximum absolute atomic E-state index is 12.2. The zero-order valence-electron chi connectivity index (χ0n) is 9.06. The minimum atomic E-state index is -0.882. The molecule has 88 valence electrons. The van der Waals surface area contributed by atoms with E-state index in [1.807, 2.05) is 12.2 Å². The molecule has 0 aliphatic heterocycles. The molecule has 0 amide bonds. The van der Waals surface area contributed by atoms with Gasteiger partial charge in [-0.3, -0.25) is 9.59 Å². The van der Waals surface area contributed by atoms with Gasteiger partial charge in [0.15, 0.2) is 0 Å². The summed E-state index contributed by atoms with van der Waals surface area (Å²) in [5, 5.41) is 13.1. The normalized spacial score (nSPS) is 34.1. The molecular formula is C12H12N2O3. The first kappa shape index (κ1) is 10.3. The molecule has 1 heterocycles. The lowest BCUT2D eigenvalue weighted by Crippen LogP contribution is -2.36. The lowest BCUT2D eigenvalue weighted by Gasteiger charge is -2.22. The Morgan fingerprint density at radius 2 is 1.94 bits per heavy atom. The van der Waals surface area contributed by atoms with Crippen LogP contribution in [-0.4, -0.2) is 26.8 Å². The lowest BCUT2D eigenvalue weighted by molar-refractivity contribution is -0.143. The summed E-state index contributed by atoms with van der Waals surface area (Å²) in [6.07, 6.45) is 7.76. The highest BCUT2D eigenvalue weighted by Crippen LogP contribution is 2.48. The first-order valence-corrected chi connectivity index (χ1v) is 5.63. The minimum Gasteiger partial charge on any atom is -0.481 e. The fraction of sp³-hybridized carbons (Fsp3) is 0.417. The highest BCUT2D eigenvalue weighted by Gasteiger charge is 2.52. The summed E-state index contributed by atoms with van der Waals surface area (Å²) in [5.74, 6) is -2.10. The number of hydrogen-bond acceptors (Lipinski definition) is 3. The van der Waals surface area contributed by atoms with Gasteiger partial charge in [-0.15, -0.1) is 0 Å². The van der Waals surface area contributed by atoms with E-state index >= 15 is 0 Å². The van der Waals surface area contributed by atoms with Crippen LogP contribution in [0.1, 0.15) is 11.2 Å². The average molecular weight is 232 g/mol. The summed E-state index contributed by atoms with van der Waals surface area (Å²) >= 11 is 0. The SMILES string of the molecule is O=C(O)C1C2C=CC(C2)C1C(=O)n1cccn1. The third-order valence-electron chi connectivity index (χ3n) is 3.76. The van der Waals surface area contributed by atoms with Gasteiger partial charge in [-0.25, -0.2) is 4.68 Å². The van der Waals surface area contributed by atoms with Gasteiger partial charge in [0.2, 0.25) is 0 Å². The molecule has 0 aromatic carbocycles. The molecule has 0 saturated heterocycles. The van der Waals surface area contributed by atoms with Crippen LogP contribution in [0.25, 0.3) is 0 Å². The fourth-order valence-electron chi connectivity index (χ4n) is 3.05. The van der Waals surface area contributed by atoms with Crippen molar-refractivity contribution >= 4 is 11.9 Å². The number of carboxylic acid groups (broad SMARTS) is 1. The number of aromatic nitrogens is 2. The third kappa shape index (κ3) is 1.42. The molecule has 5 nitrogen and oxygen atoms in total. The van der Waals surface area contributed by atoms with Crippen LogP contribution in [0.4, 0.5) is 0 Å². The second-order valence-electron chi connectivity index (χ2n) is 4.63. The topological polar surface area (TPSA) is 72.2 Å². The van der Waals surface area contributed by atoms with Gasteiger partial charge in [0.05, 0.1) is 11.8 Å². The summed E-state index contributed by atoms with van der Waals surface area (Å²) in [6, 6.07) is 1.66. The van der Waals surface area contributed by atoms with Crippen LogP contribution in [0.15, 0.2) is 30.6 Å². The van der Waals surface area contributed by atoms with Crippen LogP contribution in [0.3, 0.4) is 0 Å². The molecule has 1 aromatic rings. The molecule has 1 fully saturated rings. The van der Waals surface area contributed by atoms with E-state index in [1.54, 1.807) is 12.3 Å². The van der Waals surface area contributed by atoms with Gasteiger partial charge in [0.1, 0.15) is 0 Å². The molecule has 0 radical (unpaired) electrons. The Hall–Kier alpha value is -1.91. The number of aliphatic carboxylic acids is 1. The first-order chi connectivity index (χ1) is 8.18. The van der Waals surface area contributed by atoms with Crippen molar-refractivity contribution in [2.24, 2.45) is 23.7 Å². The molecule has 17 heavy (non-hydrogen) atoms. The summed E-state index contributed by atoms with van der Waals surface area (Å²) < 4.78 is 1.25. The Balaban J connectivity index is 1.94. The van der Waals surface area contributed by atoms with Crippen molar-refractivity contribution < 1.29 is 14.7 Å². The predicted octanol–water partition coefficient (Wildman–Crippen LogP) is 1.05. The molecule has 3 rings (SSSR count). The van der Waals surface area contributed by atoms with Gasteiger partial charge < -0.3 is 5.11 Å². The quantitative estimate of drug-likeness (QED) is 0.773. The predicted molar refractivity (Wildman–Crippen MR) is 58.2 cm³/mol. The highest BCUT2D eigenvalue weighted by molar-refractivity contribution is 5.87. The van der Waals surface area contributed by atoms with E-state index in [0.717, 1.165) is 6.42 Å². The van der Waals surface area contributed by atoms with Gasteiger partial charge in [-0.2, -0.15) is 5.10 Å². The number of carbonyl (C=O) groups excluding carboxylic acids is 1. The molecule has 1 aromatic heterocycles. The van der Waals surface area contributed by atoms with Crippen molar-refractivity contribution in [3.05, 3.63) is 30.6 Å². The Bertz CT molecular complexity index is 492. The number of carbonyl (C=O) groups is 2. The van der Waals surface area contributed by atoms with Crippen LogP contribution in [0, 0.1) is 23.7 Å². The standard InChI is InChI=1S/C12H12N2O3/c15-11(14-5-1-4-13-14)9-7-2-3-8(6-7)10(9)12(16)17/h1-5,7-10H,6H2,(H,16,17). The van der Waals surface area contributed by atoms with Crippen LogP contribution in [-0.2, 0) is 4.79 Å². The molecular weight excluding hydrogens is 220 g/mol. The molecule has 1 saturated carbocycles. The molecule has 0 spiro atoms. The number of allylic oxidation sites excluding steroid dienone is 2. The zero-order chi connectivity index (χ0) is 12.0. The third-order valence-corrected chi connectivity index (χ3v) is 3.76. The molecule has 1 N–H and O–H groups in total. The van der Waals surface area contributed by atoms with Gasteiger partial charge in [-0.1, -0.05) is 12.2 Å². The Morgan fingerprint density at radius 3 is 2.53 bits per heavy atom. The van der Waals surface area contributed by atoms with Crippen LogP contribution >= 0.6 is 0 Å². The summed E-state index contributed by atoms with van der Waals surface area (Å²) in [4.78, 5) is 23.5. The molecule has 4 unspecified atom stereocenters. The van der Waals surface area contributed by atoms with Gasteiger partial charge in [0.25, 0.3) is 5.91 Å². The Kier molecular flexibility index (Phi) is 2.14. The zero-order valence-corrected chi connectivity index (χ0v) is 9.06. The van der Waals surface area contributed by atoms with E-state index in [1.165, 1.54) is 10.9 Å². The first-order valence-electron chi connectivity index (χ1n) is 5.63. The number of hydrogen-bond donors (Lipinski definition) is 1.